The Labute approximate surface area is 288 Å². The van der Waals surface area contributed by atoms with Crippen LogP contribution in [-0.2, 0) is 40.1 Å². The van der Waals surface area contributed by atoms with Crippen LogP contribution in [0.3, 0.4) is 0 Å². The van der Waals surface area contributed by atoms with Crippen molar-refractivity contribution in [1.29, 1.82) is 5.26 Å². The number of nitrogens with one attached hydrogen (secondary N) is 1. The lowest BCUT2D eigenvalue weighted by Crippen LogP contribution is -2.51. The molecular formula is C30H51N7O10S2. The maximum Gasteiger partial charge on any atom is 0.264 e. The van der Waals surface area contributed by atoms with Gasteiger partial charge in [-0.2, -0.15) is 32.3 Å². The summed E-state index contributed by atoms with van der Waals surface area (Å²) in [5, 5.41) is 36.9. The van der Waals surface area contributed by atoms with Crippen LogP contribution in [0.25, 0.3) is 0 Å². The van der Waals surface area contributed by atoms with Crippen LogP contribution in [0.5, 0.6) is 0 Å². The second kappa shape index (κ2) is 17.6. The highest BCUT2D eigenvalue weighted by Gasteiger charge is 2.40. The number of amides is 1. The molecule has 2 fully saturated rings. The SMILES string of the molecule is COC1CCCC(COO)C1n1nc(C(C)(C)C)c(C#N)c1N=NC1CCC(N(CCCS(=O)(=O)O)CCCS(=O)(=O)O)CC1NC(C)=O. The minimum absolute atomic E-state index is 0.0350. The van der Waals surface area contributed by atoms with E-state index in [1.165, 1.54) is 6.92 Å². The molecule has 19 heteroatoms. The normalized spacial score (nSPS) is 25.5. The molecule has 2 aliphatic carbocycles. The van der Waals surface area contributed by atoms with Crippen molar-refractivity contribution in [1.82, 2.24) is 20.0 Å². The minimum Gasteiger partial charge on any atom is -0.379 e. The first-order valence-corrected chi connectivity index (χ1v) is 19.7. The Morgan fingerprint density at radius 1 is 1.10 bits per heavy atom. The molecule has 0 radical (unpaired) electrons. The van der Waals surface area contributed by atoms with Gasteiger partial charge in [0.2, 0.25) is 5.91 Å². The van der Waals surface area contributed by atoms with Gasteiger partial charge in [-0.15, -0.1) is 5.11 Å². The second-order valence-electron chi connectivity index (χ2n) is 14.0. The predicted octanol–water partition coefficient (Wildman–Crippen LogP) is 3.27. The molecule has 0 bridgehead atoms. The lowest BCUT2D eigenvalue weighted by atomic mass is 9.83. The zero-order valence-electron chi connectivity index (χ0n) is 28.9. The third-order valence-electron chi connectivity index (χ3n) is 9.20. The summed E-state index contributed by atoms with van der Waals surface area (Å²) < 4.78 is 71.4. The molecule has 278 valence electrons. The van der Waals surface area contributed by atoms with E-state index in [-0.39, 0.29) is 67.9 Å². The van der Waals surface area contributed by atoms with Crippen LogP contribution in [0, 0.1) is 17.2 Å². The van der Waals surface area contributed by atoms with Gasteiger partial charge in [0.25, 0.3) is 20.2 Å². The summed E-state index contributed by atoms with van der Waals surface area (Å²) in [6.07, 6.45) is 3.57. The van der Waals surface area contributed by atoms with Gasteiger partial charge < -0.3 is 15.0 Å². The third-order valence-corrected chi connectivity index (χ3v) is 10.8. The Morgan fingerprint density at radius 2 is 1.73 bits per heavy atom. The first kappa shape index (κ1) is 40.9. The van der Waals surface area contributed by atoms with E-state index in [1.807, 2.05) is 25.7 Å². The number of nitrogens with zero attached hydrogens (tertiary/aromatic N) is 6. The Morgan fingerprint density at radius 3 is 2.24 bits per heavy atom. The van der Waals surface area contributed by atoms with Crippen molar-refractivity contribution in [2.24, 2.45) is 16.1 Å². The summed E-state index contributed by atoms with van der Waals surface area (Å²) in [7, 11) is -6.81. The molecule has 49 heavy (non-hydrogen) atoms. The molecule has 0 spiro atoms. The van der Waals surface area contributed by atoms with E-state index in [0.29, 0.717) is 25.0 Å². The number of methoxy groups -OCH3 is 1. The largest absolute Gasteiger partial charge is 0.379 e. The van der Waals surface area contributed by atoms with Gasteiger partial charge in [0, 0.05) is 31.4 Å². The van der Waals surface area contributed by atoms with Crippen molar-refractivity contribution in [3.8, 4) is 6.07 Å². The van der Waals surface area contributed by atoms with Crippen molar-refractivity contribution in [3.63, 3.8) is 0 Å². The van der Waals surface area contributed by atoms with Crippen molar-refractivity contribution in [2.75, 3.05) is 38.3 Å². The molecule has 0 saturated heterocycles. The molecular weight excluding hydrogens is 683 g/mol. The van der Waals surface area contributed by atoms with Gasteiger partial charge in [0.05, 0.1) is 48.0 Å². The molecule has 1 aromatic heterocycles. The van der Waals surface area contributed by atoms with Crippen molar-refractivity contribution >= 4 is 32.0 Å². The van der Waals surface area contributed by atoms with Crippen LogP contribution in [0.15, 0.2) is 10.2 Å². The maximum absolute atomic E-state index is 12.3. The molecule has 4 N–H and O–H groups in total. The molecule has 2 aliphatic rings. The summed E-state index contributed by atoms with van der Waals surface area (Å²) >= 11 is 0. The number of hydrogen-bond donors (Lipinski definition) is 4. The Balaban J connectivity index is 1.98. The fourth-order valence-electron chi connectivity index (χ4n) is 7.00. The summed E-state index contributed by atoms with van der Waals surface area (Å²) in [5.41, 5.74) is 0.265. The van der Waals surface area contributed by atoms with E-state index in [4.69, 9.17) is 9.84 Å². The average molecular weight is 734 g/mol. The van der Waals surface area contributed by atoms with Crippen molar-refractivity contribution < 1.29 is 45.6 Å². The fourth-order valence-corrected chi connectivity index (χ4v) is 7.99. The topological polar surface area (TPSA) is 246 Å². The van der Waals surface area contributed by atoms with E-state index in [2.05, 4.69) is 26.5 Å². The van der Waals surface area contributed by atoms with E-state index >= 15 is 0 Å². The molecule has 2 saturated carbocycles. The van der Waals surface area contributed by atoms with Crippen LogP contribution in [0.1, 0.15) is 96.4 Å². The average Bonchev–Trinajstić information content (AvgIpc) is 3.37. The molecule has 0 aliphatic heterocycles. The number of carbonyl (C=O) groups excluding carboxylic acids is 1. The first-order chi connectivity index (χ1) is 22.9. The van der Waals surface area contributed by atoms with E-state index < -0.39 is 55.3 Å². The fraction of sp³-hybridized carbons (Fsp3) is 0.833. The highest BCUT2D eigenvalue weighted by atomic mass is 32.2. The van der Waals surface area contributed by atoms with Crippen molar-refractivity contribution in [2.45, 2.75) is 115 Å². The highest BCUT2D eigenvalue weighted by molar-refractivity contribution is 7.86. The molecule has 6 unspecified atom stereocenters. The van der Waals surface area contributed by atoms with Crippen LogP contribution in [-0.4, -0.2) is 114 Å². The number of aromatic nitrogens is 2. The Kier molecular flexibility index (Phi) is 14.7. The number of hydrogen-bond acceptors (Lipinski definition) is 13. The second-order valence-corrected chi connectivity index (χ2v) is 17.1. The molecule has 1 aromatic rings. The van der Waals surface area contributed by atoms with Crippen molar-refractivity contribution in [3.05, 3.63) is 11.3 Å². The highest BCUT2D eigenvalue weighted by Crippen LogP contribution is 2.42. The quantitative estimate of drug-likeness (QED) is 0.0826. The van der Waals surface area contributed by atoms with Crippen LogP contribution in [0.2, 0.25) is 0 Å². The Hall–Kier alpha value is -2.57. The van der Waals surface area contributed by atoms with Gasteiger partial charge in [-0.1, -0.05) is 27.2 Å². The van der Waals surface area contributed by atoms with Gasteiger partial charge in [0.15, 0.2) is 5.82 Å². The molecule has 1 amide bonds. The van der Waals surface area contributed by atoms with Gasteiger partial charge in [-0.05, 0) is 58.0 Å². The predicted molar refractivity (Wildman–Crippen MR) is 179 cm³/mol. The van der Waals surface area contributed by atoms with E-state index in [9.17, 15) is 41.3 Å². The zero-order valence-corrected chi connectivity index (χ0v) is 30.5. The number of carbonyl (C=O) groups is 1. The summed E-state index contributed by atoms with van der Waals surface area (Å²) in [5.74, 6) is -1.19. The van der Waals surface area contributed by atoms with E-state index in [1.54, 1.807) is 11.8 Å². The van der Waals surface area contributed by atoms with Gasteiger partial charge in [0.1, 0.15) is 11.6 Å². The Bertz CT molecular complexity index is 1510. The van der Waals surface area contributed by atoms with E-state index in [0.717, 1.165) is 19.3 Å². The molecule has 17 nitrogen and oxygen atoms in total. The van der Waals surface area contributed by atoms with Gasteiger partial charge in [-0.3, -0.25) is 19.2 Å². The van der Waals surface area contributed by atoms with Crippen LogP contribution >= 0.6 is 0 Å². The lowest BCUT2D eigenvalue weighted by molar-refractivity contribution is -0.257. The molecule has 6 atom stereocenters. The summed E-state index contributed by atoms with van der Waals surface area (Å²) in [6, 6.07) is 0.633. The number of rotatable bonds is 16. The number of azo groups is 1. The monoisotopic (exact) mass is 733 g/mol. The maximum atomic E-state index is 12.3. The zero-order chi connectivity index (χ0) is 36.6. The molecule has 3 rings (SSSR count). The van der Waals surface area contributed by atoms with Gasteiger partial charge in [-0.25, -0.2) is 9.57 Å². The lowest BCUT2D eigenvalue weighted by Gasteiger charge is -2.40. The smallest absolute Gasteiger partial charge is 0.264 e. The minimum atomic E-state index is -4.20. The third kappa shape index (κ3) is 12.0. The number of ether oxygens (including phenoxy) is 1. The molecule has 0 aromatic carbocycles. The molecule has 1 heterocycles. The number of nitriles is 1. The van der Waals surface area contributed by atoms with Gasteiger partial charge >= 0.3 is 0 Å². The summed E-state index contributed by atoms with van der Waals surface area (Å²) in [6.45, 7) is 7.70. The first-order valence-electron chi connectivity index (χ1n) is 16.5. The van der Waals surface area contributed by atoms with Crippen LogP contribution < -0.4 is 5.32 Å². The standard InChI is InChI=1S/C30H51N7O10S2/c1-20(38)32-25-17-22(36(13-7-15-48(40,41)42)14-8-16-49(43,44)45)11-12-24(25)33-34-29-23(18-31)28(30(2,3)4)35-37(29)27-21(19-47-39)9-6-10-26(27)46-5/h21-22,24-27,39H,6-17,19H2,1-5H3,(H,32,38)(H,40,41,42)(H,43,44,45). The summed E-state index contributed by atoms with van der Waals surface area (Å²) in [4.78, 5) is 18.8. The van der Waals surface area contributed by atoms with Crippen LogP contribution in [0.4, 0.5) is 5.82 Å².